The monoisotopic (exact) mass is 275 g/mol. The summed E-state index contributed by atoms with van der Waals surface area (Å²) in [6.07, 6.45) is 2.52. The van der Waals surface area contributed by atoms with Crippen LogP contribution in [0.5, 0.6) is 0 Å². The quantitative estimate of drug-likeness (QED) is 0.910. The Balaban J connectivity index is 1.80. The van der Waals surface area contributed by atoms with Crippen LogP contribution in [0.25, 0.3) is 10.1 Å². The number of benzene rings is 1. The van der Waals surface area contributed by atoms with Gasteiger partial charge in [-0.15, -0.1) is 11.3 Å². The van der Waals surface area contributed by atoms with Crippen molar-refractivity contribution in [3.8, 4) is 0 Å². The van der Waals surface area contributed by atoms with E-state index in [0.29, 0.717) is 0 Å². The SMILES string of the molecule is O=C(O)C1CCCN(c2cc3ccccc3s2)CC1. The second-order valence-corrected chi connectivity index (χ2v) is 6.14. The second-order valence-electron chi connectivity index (χ2n) is 5.08. The van der Waals surface area contributed by atoms with E-state index < -0.39 is 5.97 Å². The molecule has 100 valence electrons. The largest absolute Gasteiger partial charge is 0.481 e. The summed E-state index contributed by atoms with van der Waals surface area (Å²) >= 11 is 1.80. The minimum atomic E-state index is -0.641. The van der Waals surface area contributed by atoms with Gasteiger partial charge in [0, 0.05) is 17.8 Å². The maximum absolute atomic E-state index is 11.1. The van der Waals surface area contributed by atoms with Crippen LogP contribution in [0.4, 0.5) is 5.00 Å². The van der Waals surface area contributed by atoms with Crippen LogP contribution in [0.2, 0.25) is 0 Å². The molecule has 3 rings (SSSR count). The molecule has 2 aromatic rings. The van der Waals surface area contributed by atoms with Gasteiger partial charge in [0.05, 0.1) is 10.9 Å². The molecule has 2 heterocycles. The standard InChI is InChI=1S/C15H17NO2S/c17-15(18)11-5-3-8-16(9-7-11)14-10-12-4-1-2-6-13(12)19-14/h1-2,4,6,10-11H,3,5,7-9H2,(H,17,18). The van der Waals surface area contributed by atoms with Gasteiger partial charge in [-0.3, -0.25) is 4.79 Å². The fourth-order valence-electron chi connectivity index (χ4n) is 2.69. The van der Waals surface area contributed by atoms with E-state index in [1.807, 2.05) is 0 Å². The molecule has 1 aliphatic rings. The van der Waals surface area contributed by atoms with Gasteiger partial charge < -0.3 is 10.0 Å². The number of carbonyl (C=O) groups is 1. The van der Waals surface area contributed by atoms with Crippen molar-refractivity contribution in [1.29, 1.82) is 0 Å². The smallest absolute Gasteiger partial charge is 0.306 e. The highest BCUT2D eigenvalue weighted by molar-refractivity contribution is 7.22. The Morgan fingerprint density at radius 3 is 2.89 bits per heavy atom. The van der Waals surface area contributed by atoms with Crippen LogP contribution in [-0.2, 0) is 4.79 Å². The van der Waals surface area contributed by atoms with Crippen molar-refractivity contribution in [1.82, 2.24) is 0 Å². The number of carboxylic acid groups (broad SMARTS) is 1. The summed E-state index contributed by atoms with van der Waals surface area (Å²) in [7, 11) is 0. The summed E-state index contributed by atoms with van der Waals surface area (Å²) in [4.78, 5) is 13.4. The lowest BCUT2D eigenvalue weighted by Crippen LogP contribution is -2.23. The van der Waals surface area contributed by atoms with Gasteiger partial charge in [-0.1, -0.05) is 18.2 Å². The summed E-state index contributed by atoms with van der Waals surface area (Å²) in [6.45, 7) is 1.82. The number of hydrogen-bond acceptors (Lipinski definition) is 3. The van der Waals surface area contributed by atoms with Crippen LogP contribution >= 0.6 is 11.3 Å². The van der Waals surface area contributed by atoms with E-state index in [-0.39, 0.29) is 5.92 Å². The molecule has 19 heavy (non-hydrogen) atoms. The van der Waals surface area contributed by atoms with Crippen LogP contribution in [0.1, 0.15) is 19.3 Å². The Bertz CT molecular complexity index is 560. The van der Waals surface area contributed by atoms with Crippen LogP contribution in [-0.4, -0.2) is 24.2 Å². The summed E-state index contributed by atoms with van der Waals surface area (Å²) in [5.41, 5.74) is 0. The molecule has 1 aromatic carbocycles. The zero-order valence-electron chi connectivity index (χ0n) is 10.7. The molecule has 1 unspecified atom stereocenters. The van der Waals surface area contributed by atoms with Crippen molar-refractivity contribution >= 4 is 32.4 Å². The van der Waals surface area contributed by atoms with E-state index in [9.17, 15) is 4.79 Å². The summed E-state index contributed by atoms with van der Waals surface area (Å²) in [6, 6.07) is 10.6. The van der Waals surface area contributed by atoms with Crippen LogP contribution < -0.4 is 4.90 Å². The fraction of sp³-hybridized carbons (Fsp3) is 0.400. The first-order chi connectivity index (χ1) is 9.24. The van der Waals surface area contributed by atoms with Gasteiger partial charge in [-0.25, -0.2) is 0 Å². The Kier molecular flexibility index (Phi) is 3.42. The summed E-state index contributed by atoms with van der Waals surface area (Å²) in [5, 5.41) is 11.7. The molecule has 0 amide bonds. The van der Waals surface area contributed by atoms with Gasteiger partial charge in [0.2, 0.25) is 0 Å². The Morgan fingerprint density at radius 2 is 2.11 bits per heavy atom. The van der Waals surface area contributed by atoms with Crippen molar-refractivity contribution in [2.45, 2.75) is 19.3 Å². The minimum absolute atomic E-state index is 0.167. The van der Waals surface area contributed by atoms with E-state index in [1.165, 1.54) is 15.1 Å². The van der Waals surface area contributed by atoms with Crippen molar-refractivity contribution in [2.75, 3.05) is 18.0 Å². The Morgan fingerprint density at radius 1 is 1.26 bits per heavy atom. The molecular weight excluding hydrogens is 258 g/mol. The van der Waals surface area contributed by atoms with Gasteiger partial charge in [-0.05, 0) is 36.8 Å². The average Bonchev–Trinajstić information content (AvgIpc) is 2.67. The number of aliphatic carboxylic acids is 1. The predicted octanol–water partition coefficient (Wildman–Crippen LogP) is 3.59. The molecule has 1 aromatic heterocycles. The highest BCUT2D eigenvalue weighted by Gasteiger charge is 2.23. The third kappa shape index (κ3) is 2.59. The molecule has 0 spiro atoms. The van der Waals surface area contributed by atoms with E-state index in [1.54, 1.807) is 11.3 Å². The summed E-state index contributed by atoms with van der Waals surface area (Å²) < 4.78 is 1.30. The normalized spacial score (nSPS) is 20.4. The molecule has 1 fully saturated rings. The molecule has 1 atom stereocenters. The highest BCUT2D eigenvalue weighted by atomic mass is 32.1. The van der Waals surface area contributed by atoms with Crippen molar-refractivity contribution in [2.24, 2.45) is 5.92 Å². The van der Waals surface area contributed by atoms with Gasteiger partial charge in [-0.2, -0.15) is 0 Å². The lowest BCUT2D eigenvalue weighted by Gasteiger charge is -2.20. The van der Waals surface area contributed by atoms with E-state index in [2.05, 4.69) is 35.2 Å². The Hall–Kier alpha value is -1.55. The topological polar surface area (TPSA) is 40.5 Å². The second kappa shape index (κ2) is 5.21. The third-order valence-electron chi connectivity index (χ3n) is 3.80. The zero-order chi connectivity index (χ0) is 13.2. The maximum atomic E-state index is 11.1. The van der Waals surface area contributed by atoms with Gasteiger partial charge >= 0.3 is 5.97 Å². The first-order valence-corrected chi connectivity index (χ1v) is 7.52. The van der Waals surface area contributed by atoms with Crippen LogP contribution in [0.3, 0.4) is 0 Å². The van der Waals surface area contributed by atoms with E-state index >= 15 is 0 Å². The molecule has 0 saturated carbocycles. The molecule has 1 aliphatic heterocycles. The molecule has 3 nitrogen and oxygen atoms in total. The molecule has 0 bridgehead atoms. The zero-order valence-corrected chi connectivity index (χ0v) is 11.5. The van der Waals surface area contributed by atoms with Crippen molar-refractivity contribution < 1.29 is 9.90 Å². The lowest BCUT2D eigenvalue weighted by atomic mass is 10.0. The molecular formula is C15H17NO2S. The number of anilines is 1. The number of carboxylic acids is 1. The predicted molar refractivity (Wildman–Crippen MR) is 79.0 cm³/mol. The number of thiophene rings is 1. The van der Waals surface area contributed by atoms with Crippen LogP contribution in [0, 0.1) is 5.92 Å². The molecule has 0 aliphatic carbocycles. The molecule has 4 heteroatoms. The van der Waals surface area contributed by atoms with Gasteiger partial charge in [0.15, 0.2) is 0 Å². The van der Waals surface area contributed by atoms with Gasteiger partial charge in [0.25, 0.3) is 0 Å². The van der Waals surface area contributed by atoms with Crippen LogP contribution in [0.15, 0.2) is 30.3 Å². The first-order valence-electron chi connectivity index (χ1n) is 6.70. The average molecular weight is 275 g/mol. The first kappa shape index (κ1) is 12.5. The maximum Gasteiger partial charge on any atom is 0.306 e. The Labute approximate surface area is 116 Å². The summed E-state index contributed by atoms with van der Waals surface area (Å²) in [5.74, 6) is -0.808. The van der Waals surface area contributed by atoms with E-state index in [4.69, 9.17) is 5.11 Å². The highest BCUT2D eigenvalue weighted by Crippen LogP contribution is 2.34. The van der Waals surface area contributed by atoms with Gasteiger partial charge in [0.1, 0.15) is 0 Å². The molecule has 1 N–H and O–H groups in total. The number of nitrogens with zero attached hydrogens (tertiary/aromatic N) is 1. The minimum Gasteiger partial charge on any atom is -0.481 e. The molecule has 1 saturated heterocycles. The number of fused-ring (bicyclic) bond motifs is 1. The number of hydrogen-bond donors (Lipinski definition) is 1. The van der Waals surface area contributed by atoms with Crippen molar-refractivity contribution in [3.63, 3.8) is 0 Å². The van der Waals surface area contributed by atoms with E-state index in [0.717, 1.165) is 32.4 Å². The third-order valence-corrected chi connectivity index (χ3v) is 4.98. The lowest BCUT2D eigenvalue weighted by molar-refractivity contribution is -0.142. The van der Waals surface area contributed by atoms with Crippen molar-refractivity contribution in [3.05, 3.63) is 30.3 Å². The number of rotatable bonds is 2. The fourth-order valence-corrected chi connectivity index (χ4v) is 3.80. The molecule has 0 radical (unpaired) electrons.